The van der Waals surface area contributed by atoms with Crippen LogP contribution in [0.2, 0.25) is 0 Å². The maximum absolute atomic E-state index is 12.4. The number of nitrogens with zero attached hydrogens (tertiary/aromatic N) is 4. The van der Waals surface area contributed by atoms with Gasteiger partial charge in [-0.05, 0) is 36.4 Å². The average Bonchev–Trinajstić information content (AvgIpc) is 3.41. The maximum Gasteiger partial charge on any atom is 0.277 e. The van der Waals surface area contributed by atoms with Gasteiger partial charge in [-0.3, -0.25) is 14.9 Å². The van der Waals surface area contributed by atoms with E-state index in [0.29, 0.717) is 16.4 Å². The summed E-state index contributed by atoms with van der Waals surface area (Å²) >= 11 is 1.34. The van der Waals surface area contributed by atoms with E-state index in [2.05, 4.69) is 25.8 Å². The zero-order chi connectivity index (χ0) is 19.3. The molecule has 0 spiro atoms. The van der Waals surface area contributed by atoms with Crippen LogP contribution >= 0.6 is 11.3 Å². The van der Waals surface area contributed by atoms with Crippen LogP contribution < -0.4 is 10.6 Å². The first-order chi connectivity index (χ1) is 13.7. The number of anilines is 2. The van der Waals surface area contributed by atoms with E-state index in [1.807, 2.05) is 30.3 Å². The van der Waals surface area contributed by atoms with Crippen molar-refractivity contribution in [1.82, 2.24) is 20.0 Å². The summed E-state index contributed by atoms with van der Waals surface area (Å²) < 4.78 is 0. The molecule has 0 fully saturated rings. The Bertz CT molecular complexity index is 1090. The highest BCUT2D eigenvalue weighted by Gasteiger charge is 2.13. The van der Waals surface area contributed by atoms with Crippen molar-refractivity contribution in [2.24, 2.45) is 0 Å². The standard InChI is InChI=1S/C19H14N6O2S/c26-17(23-19-20-10-11-28-19)13-6-8-14(9-7-13)22-18(27)16-12-21-25(24-16)15-4-2-1-3-5-15/h1-12H,(H,22,27)(H,20,23,26). The predicted octanol–water partition coefficient (Wildman–Crippen LogP) is 3.23. The van der Waals surface area contributed by atoms with E-state index >= 15 is 0 Å². The third-order valence-electron chi connectivity index (χ3n) is 3.77. The molecule has 0 aliphatic rings. The van der Waals surface area contributed by atoms with Gasteiger partial charge in [0.05, 0.1) is 11.9 Å². The van der Waals surface area contributed by atoms with Crippen LogP contribution in [-0.2, 0) is 0 Å². The van der Waals surface area contributed by atoms with Crippen LogP contribution in [0.5, 0.6) is 0 Å². The Morgan fingerprint density at radius 2 is 1.71 bits per heavy atom. The number of carbonyl (C=O) groups excluding carboxylic acids is 2. The van der Waals surface area contributed by atoms with Crippen molar-refractivity contribution < 1.29 is 9.59 Å². The SMILES string of the molecule is O=C(Nc1nccs1)c1ccc(NC(=O)c2cnn(-c3ccccc3)n2)cc1. The Labute approximate surface area is 163 Å². The molecule has 0 radical (unpaired) electrons. The Hall–Kier alpha value is -3.85. The van der Waals surface area contributed by atoms with Gasteiger partial charge in [-0.15, -0.1) is 16.4 Å². The Kier molecular flexibility index (Phi) is 4.89. The third kappa shape index (κ3) is 3.94. The highest BCUT2D eigenvalue weighted by molar-refractivity contribution is 7.13. The predicted molar refractivity (Wildman–Crippen MR) is 106 cm³/mol. The Balaban J connectivity index is 1.41. The van der Waals surface area contributed by atoms with Crippen LogP contribution in [0.4, 0.5) is 10.8 Å². The fraction of sp³-hybridized carbons (Fsp3) is 0. The fourth-order valence-electron chi connectivity index (χ4n) is 2.41. The molecule has 4 aromatic rings. The largest absolute Gasteiger partial charge is 0.321 e. The first-order valence-corrected chi connectivity index (χ1v) is 9.17. The van der Waals surface area contributed by atoms with Gasteiger partial charge < -0.3 is 5.32 Å². The fourth-order valence-corrected chi connectivity index (χ4v) is 2.93. The molecule has 2 amide bonds. The summed E-state index contributed by atoms with van der Waals surface area (Å²) in [5, 5.41) is 16.0. The molecule has 0 unspecified atom stereocenters. The van der Waals surface area contributed by atoms with Gasteiger partial charge in [0.2, 0.25) is 0 Å². The topological polar surface area (TPSA) is 102 Å². The highest BCUT2D eigenvalue weighted by atomic mass is 32.1. The Morgan fingerprint density at radius 3 is 2.43 bits per heavy atom. The molecule has 138 valence electrons. The molecule has 0 saturated heterocycles. The first kappa shape index (κ1) is 17.6. The Morgan fingerprint density at radius 1 is 0.929 bits per heavy atom. The second kappa shape index (κ2) is 7.80. The molecule has 2 aromatic heterocycles. The van der Waals surface area contributed by atoms with Crippen molar-refractivity contribution in [2.75, 3.05) is 10.6 Å². The van der Waals surface area contributed by atoms with Crippen molar-refractivity contribution in [3.8, 4) is 5.69 Å². The molecule has 2 heterocycles. The smallest absolute Gasteiger partial charge is 0.277 e. The van der Waals surface area contributed by atoms with Gasteiger partial charge in [0.25, 0.3) is 11.8 Å². The molecule has 0 bridgehead atoms. The quantitative estimate of drug-likeness (QED) is 0.545. The zero-order valence-electron chi connectivity index (χ0n) is 14.4. The molecule has 4 rings (SSSR count). The number of hydrogen-bond donors (Lipinski definition) is 2. The molecular formula is C19H14N6O2S. The number of para-hydroxylation sites is 1. The minimum atomic E-state index is -0.387. The van der Waals surface area contributed by atoms with Crippen molar-refractivity contribution in [3.63, 3.8) is 0 Å². The van der Waals surface area contributed by atoms with E-state index in [-0.39, 0.29) is 17.5 Å². The first-order valence-electron chi connectivity index (χ1n) is 8.29. The maximum atomic E-state index is 12.4. The van der Waals surface area contributed by atoms with E-state index in [0.717, 1.165) is 5.69 Å². The van der Waals surface area contributed by atoms with E-state index in [1.54, 1.807) is 35.8 Å². The van der Waals surface area contributed by atoms with E-state index in [9.17, 15) is 9.59 Å². The summed E-state index contributed by atoms with van der Waals surface area (Å²) in [6.45, 7) is 0. The van der Waals surface area contributed by atoms with Gasteiger partial charge in [0.1, 0.15) is 0 Å². The normalized spacial score (nSPS) is 10.4. The third-order valence-corrected chi connectivity index (χ3v) is 4.46. The van der Waals surface area contributed by atoms with Crippen LogP contribution in [0.25, 0.3) is 5.69 Å². The van der Waals surface area contributed by atoms with Gasteiger partial charge in [-0.25, -0.2) is 4.98 Å². The van der Waals surface area contributed by atoms with Gasteiger partial charge in [-0.2, -0.15) is 9.90 Å². The number of aromatic nitrogens is 4. The lowest BCUT2D eigenvalue weighted by Crippen LogP contribution is -2.14. The zero-order valence-corrected chi connectivity index (χ0v) is 15.3. The van der Waals surface area contributed by atoms with Crippen molar-refractivity contribution >= 4 is 34.0 Å². The van der Waals surface area contributed by atoms with Gasteiger partial charge in [0, 0.05) is 22.8 Å². The highest BCUT2D eigenvalue weighted by Crippen LogP contribution is 2.15. The molecule has 2 aromatic carbocycles. The van der Waals surface area contributed by atoms with Crippen LogP contribution in [0.15, 0.2) is 72.4 Å². The second-order valence-corrected chi connectivity index (χ2v) is 6.57. The van der Waals surface area contributed by atoms with Crippen molar-refractivity contribution in [2.45, 2.75) is 0 Å². The van der Waals surface area contributed by atoms with E-state index in [4.69, 9.17) is 0 Å². The molecular weight excluding hydrogens is 376 g/mol. The van der Waals surface area contributed by atoms with Crippen LogP contribution in [0.1, 0.15) is 20.8 Å². The molecule has 9 heteroatoms. The molecule has 0 aliphatic heterocycles. The van der Waals surface area contributed by atoms with Crippen LogP contribution in [-0.4, -0.2) is 31.8 Å². The van der Waals surface area contributed by atoms with Crippen LogP contribution in [0, 0.1) is 0 Å². The summed E-state index contributed by atoms with van der Waals surface area (Å²) in [5.41, 5.74) is 1.96. The molecule has 2 N–H and O–H groups in total. The number of benzene rings is 2. The summed E-state index contributed by atoms with van der Waals surface area (Å²) in [5.74, 6) is -0.652. The van der Waals surface area contributed by atoms with Gasteiger partial charge >= 0.3 is 0 Å². The van der Waals surface area contributed by atoms with Gasteiger partial charge in [0.15, 0.2) is 10.8 Å². The molecule has 0 atom stereocenters. The monoisotopic (exact) mass is 390 g/mol. The number of nitrogens with one attached hydrogen (secondary N) is 2. The summed E-state index contributed by atoms with van der Waals surface area (Å²) in [7, 11) is 0. The number of rotatable bonds is 5. The van der Waals surface area contributed by atoms with Gasteiger partial charge in [-0.1, -0.05) is 18.2 Å². The van der Waals surface area contributed by atoms with E-state index < -0.39 is 0 Å². The molecule has 0 saturated carbocycles. The van der Waals surface area contributed by atoms with E-state index in [1.165, 1.54) is 22.3 Å². The number of carbonyl (C=O) groups is 2. The minimum absolute atomic E-state index is 0.189. The lowest BCUT2D eigenvalue weighted by atomic mass is 10.2. The average molecular weight is 390 g/mol. The molecule has 28 heavy (non-hydrogen) atoms. The van der Waals surface area contributed by atoms with Crippen molar-refractivity contribution in [3.05, 3.63) is 83.6 Å². The second-order valence-electron chi connectivity index (χ2n) is 5.68. The number of hydrogen-bond acceptors (Lipinski definition) is 6. The lowest BCUT2D eigenvalue weighted by Gasteiger charge is -2.05. The summed E-state index contributed by atoms with van der Waals surface area (Å²) in [6.07, 6.45) is 3.02. The van der Waals surface area contributed by atoms with Crippen molar-refractivity contribution in [1.29, 1.82) is 0 Å². The van der Waals surface area contributed by atoms with Crippen LogP contribution in [0.3, 0.4) is 0 Å². The number of amides is 2. The lowest BCUT2D eigenvalue weighted by molar-refractivity contribution is 0.101. The molecule has 8 nitrogen and oxygen atoms in total. The molecule has 0 aliphatic carbocycles. The minimum Gasteiger partial charge on any atom is -0.321 e. The summed E-state index contributed by atoms with van der Waals surface area (Å²) in [4.78, 5) is 29.9. The summed E-state index contributed by atoms with van der Waals surface area (Å²) in [6, 6.07) is 15.9. The number of thiazole rings is 1.